The van der Waals surface area contributed by atoms with Gasteiger partial charge in [0, 0.05) is 31.7 Å². The van der Waals surface area contributed by atoms with Gasteiger partial charge in [0.25, 0.3) is 0 Å². The van der Waals surface area contributed by atoms with E-state index in [0.717, 1.165) is 12.1 Å². The largest absolute Gasteiger partial charge is 0.376 e. The van der Waals surface area contributed by atoms with Crippen LogP contribution in [0.1, 0.15) is 31.9 Å². The van der Waals surface area contributed by atoms with E-state index < -0.39 is 0 Å². The number of nitrogens with one attached hydrogen (secondary N) is 1. The van der Waals surface area contributed by atoms with Gasteiger partial charge in [-0.2, -0.15) is 0 Å². The summed E-state index contributed by atoms with van der Waals surface area (Å²) in [4.78, 5) is 18.0. The summed E-state index contributed by atoms with van der Waals surface area (Å²) in [5.41, 5.74) is 3.59. The molecule has 1 amide bonds. The van der Waals surface area contributed by atoms with Crippen LogP contribution in [0.3, 0.4) is 0 Å². The van der Waals surface area contributed by atoms with Crippen molar-refractivity contribution < 1.29 is 4.79 Å². The molecule has 1 heterocycles. The zero-order valence-corrected chi connectivity index (χ0v) is 15.0. The smallest absolute Gasteiger partial charge is 0.241 e. The van der Waals surface area contributed by atoms with E-state index in [2.05, 4.69) is 43.2 Å². The highest BCUT2D eigenvalue weighted by Crippen LogP contribution is 2.23. The number of carbonyl (C=O) groups is 1. The number of pyridine rings is 1. The maximum atomic E-state index is 12.2. The highest BCUT2D eigenvalue weighted by molar-refractivity contribution is 5.80. The SMILES string of the molecule is CN(CCc1ccncc1)C(=O)CNc1ccc(C(C)(C)C)cc1. The van der Waals surface area contributed by atoms with Crippen LogP contribution in [-0.2, 0) is 16.6 Å². The van der Waals surface area contributed by atoms with Crippen molar-refractivity contribution in [2.24, 2.45) is 0 Å². The van der Waals surface area contributed by atoms with Crippen molar-refractivity contribution in [1.29, 1.82) is 0 Å². The number of likely N-dealkylation sites (N-methyl/N-ethyl adjacent to an activating group) is 1. The molecule has 0 saturated carbocycles. The third kappa shape index (κ3) is 5.37. The Labute approximate surface area is 144 Å². The lowest BCUT2D eigenvalue weighted by atomic mass is 9.87. The number of carbonyl (C=O) groups excluding carboxylic acids is 1. The number of aromatic nitrogens is 1. The van der Waals surface area contributed by atoms with Gasteiger partial charge in [-0.3, -0.25) is 9.78 Å². The normalized spacial score (nSPS) is 11.2. The molecular weight excluding hydrogens is 298 g/mol. The molecule has 24 heavy (non-hydrogen) atoms. The average molecular weight is 325 g/mol. The van der Waals surface area contributed by atoms with Gasteiger partial charge in [-0.25, -0.2) is 0 Å². The Hall–Kier alpha value is -2.36. The summed E-state index contributed by atoms with van der Waals surface area (Å²) < 4.78 is 0. The average Bonchev–Trinajstić information content (AvgIpc) is 2.58. The van der Waals surface area contributed by atoms with E-state index >= 15 is 0 Å². The standard InChI is InChI=1S/C20H27N3O/c1-20(2,3)17-5-7-18(8-6-17)22-15-19(24)23(4)14-11-16-9-12-21-13-10-16/h5-10,12-13,22H,11,14-15H2,1-4H3. The topological polar surface area (TPSA) is 45.2 Å². The van der Waals surface area contributed by atoms with Gasteiger partial charge >= 0.3 is 0 Å². The van der Waals surface area contributed by atoms with Crippen LogP contribution in [0.25, 0.3) is 0 Å². The van der Waals surface area contributed by atoms with E-state index in [9.17, 15) is 4.79 Å². The Morgan fingerprint density at radius 2 is 1.71 bits per heavy atom. The van der Waals surface area contributed by atoms with Crippen LogP contribution in [0.5, 0.6) is 0 Å². The molecule has 0 saturated heterocycles. The second-order valence-electron chi connectivity index (χ2n) is 7.10. The molecule has 0 radical (unpaired) electrons. The molecule has 1 aromatic heterocycles. The van der Waals surface area contributed by atoms with E-state index in [1.54, 1.807) is 17.3 Å². The molecule has 4 nitrogen and oxygen atoms in total. The minimum absolute atomic E-state index is 0.0870. The lowest BCUT2D eigenvalue weighted by molar-refractivity contribution is -0.127. The van der Waals surface area contributed by atoms with Crippen LogP contribution in [-0.4, -0.2) is 35.9 Å². The molecule has 0 aliphatic carbocycles. The number of nitrogens with zero attached hydrogens (tertiary/aromatic N) is 2. The van der Waals surface area contributed by atoms with Gasteiger partial charge in [0.05, 0.1) is 6.54 Å². The monoisotopic (exact) mass is 325 g/mol. The molecule has 0 spiro atoms. The molecule has 0 aliphatic rings. The molecule has 2 rings (SSSR count). The van der Waals surface area contributed by atoms with Gasteiger partial charge in [0.2, 0.25) is 5.91 Å². The van der Waals surface area contributed by atoms with Crippen molar-refractivity contribution in [3.8, 4) is 0 Å². The summed E-state index contributed by atoms with van der Waals surface area (Å²) in [7, 11) is 1.84. The van der Waals surface area contributed by atoms with Crippen LogP contribution >= 0.6 is 0 Å². The summed E-state index contributed by atoms with van der Waals surface area (Å²) in [6.45, 7) is 7.58. The highest BCUT2D eigenvalue weighted by Gasteiger charge is 2.13. The van der Waals surface area contributed by atoms with Crippen LogP contribution in [0, 0.1) is 0 Å². The number of amides is 1. The highest BCUT2D eigenvalue weighted by atomic mass is 16.2. The van der Waals surface area contributed by atoms with E-state index in [1.807, 2.05) is 31.3 Å². The minimum atomic E-state index is 0.0870. The fraction of sp³-hybridized carbons (Fsp3) is 0.400. The maximum absolute atomic E-state index is 12.2. The summed E-state index contributed by atoms with van der Waals surface area (Å²) in [6.07, 6.45) is 4.39. The molecule has 0 aliphatic heterocycles. The Morgan fingerprint density at radius 1 is 1.08 bits per heavy atom. The van der Waals surface area contributed by atoms with Crippen LogP contribution in [0.15, 0.2) is 48.8 Å². The van der Waals surface area contributed by atoms with Crippen molar-refractivity contribution in [2.45, 2.75) is 32.6 Å². The van der Waals surface area contributed by atoms with Crippen molar-refractivity contribution in [2.75, 3.05) is 25.5 Å². The fourth-order valence-corrected chi connectivity index (χ4v) is 2.37. The quantitative estimate of drug-likeness (QED) is 0.884. The first kappa shape index (κ1) is 18.0. The third-order valence-electron chi connectivity index (χ3n) is 4.11. The molecule has 128 valence electrons. The first-order chi connectivity index (χ1) is 11.4. The Kier molecular flexibility index (Phi) is 5.96. The van der Waals surface area contributed by atoms with Crippen LogP contribution in [0.4, 0.5) is 5.69 Å². The lowest BCUT2D eigenvalue weighted by Gasteiger charge is -2.20. The molecule has 0 unspecified atom stereocenters. The molecule has 0 atom stereocenters. The van der Waals surface area contributed by atoms with Gasteiger partial charge < -0.3 is 10.2 Å². The number of benzene rings is 1. The molecule has 4 heteroatoms. The van der Waals surface area contributed by atoms with Gasteiger partial charge in [-0.1, -0.05) is 32.9 Å². The molecule has 1 N–H and O–H groups in total. The summed E-state index contributed by atoms with van der Waals surface area (Å²) in [6, 6.07) is 12.2. The predicted molar refractivity (Wildman–Crippen MR) is 99.2 cm³/mol. The Morgan fingerprint density at radius 3 is 2.29 bits per heavy atom. The third-order valence-corrected chi connectivity index (χ3v) is 4.11. The second kappa shape index (κ2) is 7.95. The summed E-state index contributed by atoms with van der Waals surface area (Å²) >= 11 is 0. The molecular formula is C20H27N3O. The van der Waals surface area contributed by atoms with Crippen molar-refractivity contribution >= 4 is 11.6 Å². The summed E-state index contributed by atoms with van der Waals surface area (Å²) in [5.74, 6) is 0.0870. The van der Waals surface area contributed by atoms with Gasteiger partial charge in [-0.15, -0.1) is 0 Å². The Bertz CT molecular complexity index is 645. The van der Waals surface area contributed by atoms with Crippen LogP contribution in [0.2, 0.25) is 0 Å². The van der Waals surface area contributed by atoms with Crippen LogP contribution < -0.4 is 5.32 Å². The van der Waals surface area contributed by atoms with Gasteiger partial charge in [-0.05, 0) is 47.2 Å². The summed E-state index contributed by atoms with van der Waals surface area (Å²) in [5, 5.41) is 3.20. The first-order valence-electron chi connectivity index (χ1n) is 8.33. The number of anilines is 1. The van der Waals surface area contributed by atoms with Gasteiger partial charge in [0.15, 0.2) is 0 Å². The zero-order valence-electron chi connectivity index (χ0n) is 15.0. The van der Waals surface area contributed by atoms with Gasteiger partial charge in [0.1, 0.15) is 0 Å². The molecule has 0 bridgehead atoms. The van der Waals surface area contributed by atoms with Crippen molar-refractivity contribution in [3.63, 3.8) is 0 Å². The Balaban J connectivity index is 1.79. The zero-order chi connectivity index (χ0) is 17.6. The molecule has 2 aromatic rings. The molecule has 1 aromatic carbocycles. The number of hydrogen-bond donors (Lipinski definition) is 1. The predicted octanol–water partition coefficient (Wildman–Crippen LogP) is 3.49. The minimum Gasteiger partial charge on any atom is -0.376 e. The van der Waals surface area contributed by atoms with E-state index in [1.165, 1.54) is 11.1 Å². The van der Waals surface area contributed by atoms with Crippen molar-refractivity contribution in [1.82, 2.24) is 9.88 Å². The van der Waals surface area contributed by atoms with E-state index in [-0.39, 0.29) is 11.3 Å². The van der Waals surface area contributed by atoms with E-state index in [0.29, 0.717) is 13.1 Å². The first-order valence-corrected chi connectivity index (χ1v) is 8.33. The fourth-order valence-electron chi connectivity index (χ4n) is 2.37. The van der Waals surface area contributed by atoms with Crippen molar-refractivity contribution in [3.05, 3.63) is 59.9 Å². The maximum Gasteiger partial charge on any atom is 0.241 e. The van der Waals surface area contributed by atoms with E-state index in [4.69, 9.17) is 0 Å². The second-order valence-corrected chi connectivity index (χ2v) is 7.10. The lowest BCUT2D eigenvalue weighted by Crippen LogP contribution is -2.33. The number of hydrogen-bond acceptors (Lipinski definition) is 3. The number of rotatable bonds is 6. The molecule has 0 fully saturated rings.